The van der Waals surface area contributed by atoms with Crippen LogP contribution in [0, 0.1) is 5.41 Å². The zero-order chi connectivity index (χ0) is 10.6. The number of hydrogen-bond acceptors (Lipinski definition) is 3. The minimum absolute atomic E-state index is 0.223. The van der Waals surface area contributed by atoms with E-state index in [0.29, 0.717) is 0 Å². The van der Waals surface area contributed by atoms with Crippen molar-refractivity contribution in [1.82, 2.24) is 4.90 Å². The largest absolute Gasteiger partial charge is 0.303 e. The Bertz CT molecular complexity index is 222. The van der Waals surface area contributed by atoms with Crippen LogP contribution >= 0.6 is 0 Å². The Morgan fingerprint density at radius 1 is 1.43 bits per heavy atom. The predicted molar refractivity (Wildman–Crippen MR) is 58.8 cm³/mol. The predicted octanol–water partition coefficient (Wildman–Crippen LogP) is 0.666. The van der Waals surface area contributed by atoms with Crippen molar-refractivity contribution in [2.45, 2.75) is 20.3 Å². The molecule has 0 N–H and O–H groups in total. The van der Waals surface area contributed by atoms with E-state index in [9.17, 15) is 9.00 Å². The molecule has 0 radical (unpaired) electrons. The number of hydrogen-bond donors (Lipinski definition) is 0. The first-order valence-electron chi connectivity index (χ1n) is 5.13. The van der Waals surface area contributed by atoms with E-state index < -0.39 is 10.8 Å². The highest BCUT2D eigenvalue weighted by molar-refractivity contribution is 7.85. The van der Waals surface area contributed by atoms with E-state index >= 15 is 0 Å². The van der Waals surface area contributed by atoms with Gasteiger partial charge in [0.05, 0.1) is 0 Å². The van der Waals surface area contributed by atoms with Gasteiger partial charge in [-0.2, -0.15) is 0 Å². The lowest BCUT2D eigenvalue weighted by Gasteiger charge is -2.32. The van der Waals surface area contributed by atoms with Crippen LogP contribution in [0.15, 0.2) is 0 Å². The molecule has 1 aliphatic heterocycles. The molecular formula is C10H19NO2S. The summed E-state index contributed by atoms with van der Waals surface area (Å²) in [5.74, 6) is 1.53. The summed E-state index contributed by atoms with van der Waals surface area (Å²) < 4.78 is 11.1. The van der Waals surface area contributed by atoms with Crippen LogP contribution in [-0.2, 0) is 15.6 Å². The highest BCUT2D eigenvalue weighted by atomic mass is 32.2. The lowest BCUT2D eigenvalue weighted by Crippen LogP contribution is -2.44. The average molecular weight is 217 g/mol. The van der Waals surface area contributed by atoms with Crippen molar-refractivity contribution in [3.05, 3.63) is 0 Å². The lowest BCUT2D eigenvalue weighted by atomic mass is 9.89. The van der Waals surface area contributed by atoms with Crippen LogP contribution < -0.4 is 0 Å². The van der Waals surface area contributed by atoms with Crippen LogP contribution in [0.4, 0.5) is 0 Å². The van der Waals surface area contributed by atoms with Crippen molar-refractivity contribution in [1.29, 1.82) is 0 Å². The molecule has 0 saturated carbocycles. The van der Waals surface area contributed by atoms with Crippen LogP contribution in [-0.4, -0.2) is 46.5 Å². The van der Waals surface area contributed by atoms with Crippen LogP contribution in [0.3, 0.4) is 0 Å². The molecule has 0 aromatic carbocycles. The molecule has 0 spiro atoms. The van der Waals surface area contributed by atoms with Crippen LogP contribution in [0.25, 0.3) is 0 Å². The number of carbonyl (C=O) groups is 1. The summed E-state index contributed by atoms with van der Waals surface area (Å²) in [5, 5.41) is 0. The molecule has 1 heterocycles. The van der Waals surface area contributed by atoms with Gasteiger partial charge in [-0.3, -0.25) is 4.21 Å². The fraction of sp³-hybridized carbons (Fsp3) is 0.900. The third-order valence-electron chi connectivity index (χ3n) is 2.95. The number of carbonyl (C=O) groups excluding carboxylic acids is 1. The van der Waals surface area contributed by atoms with Gasteiger partial charge in [-0.25, -0.2) is 0 Å². The van der Waals surface area contributed by atoms with E-state index in [0.717, 1.165) is 43.8 Å². The lowest BCUT2D eigenvalue weighted by molar-refractivity contribution is -0.116. The molecule has 1 atom stereocenters. The highest BCUT2D eigenvalue weighted by Crippen LogP contribution is 2.20. The molecule has 82 valence electrons. The van der Waals surface area contributed by atoms with Gasteiger partial charge < -0.3 is 9.69 Å². The van der Waals surface area contributed by atoms with Crippen LogP contribution in [0.1, 0.15) is 20.3 Å². The Morgan fingerprint density at radius 2 is 2.00 bits per heavy atom. The standard InChI is InChI=1S/C10H19NO2S/c1-3-10(2,9-12)8-11-4-6-14(13)7-5-11/h9H,3-8H2,1-2H3. The SMILES string of the molecule is CCC(C)(C=O)CN1CCS(=O)CC1. The maximum Gasteiger partial charge on any atom is 0.127 e. The van der Waals surface area contributed by atoms with Crippen molar-refractivity contribution in [2.24, 2.45) is 5.41 Å². The Balaban J connectivity index is 2.43. The Morgan fingerprint density at radius 3 is 2.43 bits per heavy atom. The maximum atomic E-state index is 11.1. The zero-order valence-corrected chi connectivity index (χ0v) is 9.81. The van der Waals surface area contributed by atoms with Gasteiger partial charge in [0.25, 0.3) is 0 Å². The van der Waals surface area contributed by atoms with E-state index in [2.05, 4.69) is 4.90 Å². The van der Waals surface area contributed by atoms with Gasteiger partial charge in [0, 0.05) is 47.4 Å². The molecule has 1 rings (SSSR count). The fourth-order valence-corrected chi connectivity index (χ4v) is 2.70. The van der Waals surface area contributed by atoms with Gasteiger partial charge in [-0.15, -0.1) is 0 Å². The Hall–Kier alpha value is -0.220. The molecule has 0 amide bonds. The molecule has 1 fully saturated rings. The molecule has 0 aromatic heterocycles. The molecule has 1 unspecified atom stereocenters. The van der Waals surface area contributed by atoms with E-state index in [1.54, 1.807) is 0 Å². The minimum atomic E-state index is -0.623. The quantitative estimate of drug-likeness (QED) is 0.649. The third-order valence-corrected chi connectivity index (χ3v) is 4.22. The third kappa shape index (κ3) is 3.17. The molecule has 1 aliphatic rings. The molecule has 14 heavy (non-hydrogen) atoms. The number of aldehydes is 1. The molecule has 1 saturated heterocycles. The summed E-state index contributed by atoms with van der Waals surface area (Å²) in [5.41, 5.74) is -0.223. The van der Waals surface area contributed by atoms with E-state index in [4.69, 9.17) is 0 Å². The van der Waals surface area contributed by atoms with Crippen molar-refractivity contribution in [3.63, 3.8) is 0 Å². The van der Waals surface area contributed by atoms with Crippen LogP contribution in [0.5, 0.6) is 0 Å². The van der Waals surface area contributed by atoms with Gasteiger partial charge in [-0.05, 0) is 6.42 Å². The summed E-state index contributed by atoms with van der Waals surface area (Å²) in [6, 6.07) is 0. The summed E-state index contributed by atoms with van der Waals surface area (Å²) >= 11 is 0. The van der Waals surface area contributed by atoms with Crippen molar-refractivity contribution in [3.8, 4) is 0 Å². The van der Waals surface area contributed by atoms with Gasteiger partial charge in [-0.1, -0.05) is 13.8 Å². The van der Waals surface area contributed by atoms with Gasteiger partial charge in [0.15, 0.2) is 0 Å². The first-order chi connectivity index (χ1) is 6.59. The molecule has 3 nitrogen and oxygen atoms in total. The zero-order valence-electron chi connectivity index (χ0n) is 8.99. The van der Waals surface area contributed by atoms with E-state index in [1.165, 1.54) is 0 Å². The average Bonchev–Trinajstić information content (AvgIpc) is 2.21. The number of nitrogens with zero attached hydrogens (tertiary/aromatic N) is 1. The second kappa shape index (κ2) is 5.03. The monoisotopic (exact) mass is 217 g/mol. The topological polar surface area (TPSA) is 37.4 Å². The number of rotatable bonds is 4. The molecule has 4 heteroatoms. The molecule has 0 bridgehead atoms. The Labute approximate surface area is 88.3 Å². The van der Waals surface area contributed by atoms with Gasteiger partial charge in [0.2, 0.25) is 0 Å². The van der Waals surface area contributed by atoms with Gasteiger partial charge in [0.1, 0.15) is 6.29 Å². The highest BCUT2D eigenvalue weighted by Gasteiger charge is 2.26. The summed E-state index contributed by atoms with van der Waals surface area (Å²) in [6.45, 7) is 6.58. The summed E-state index contributed by atoms with van der Waals surface area (Å²) in [7, 11) is -0.623. The second-order valence-electron chi connectivity index (χ2n) is 4.25. The minimum Gasteiger partial charge on any atom is -0.303 e. The van der Waals surface area contributed by atoms with E-state index in [1.807, 2.05) is 13.8 Å². The first-order valence-corrected chi connectivity index (χ1v) is 6.62. The summed E-state index contributed by atoms with van der Waals surface area (Å²) in [6.07, 6.45) is 1.93. The van der Waals surface area contributed by atoms with Crippen molar-refractivity contribution in [2.75, 3.05) is 31.1 Å². The fourth-order valence-electron chi connectivity index (χ4n) is 1.58. The van der Waals surface area contributed by atoms with E-state index in [-0.39, 0.29) is 5.41 Å². The van der Waals surface area contributed by atoms with Crippen molar-refractivity contribution < 1.29 is 9.00 Å². The normalized spacial score (nSPS) is 24.4. The van der Waals surface area contributed by atoms with Crippen molar-refractivity contribution >= 4 is 17.1 Å². The smallest absolute Gasteiger partial charge is 0.127 e. The second-order valence-corrected chi connectivity index (χ2v) is 5.95. The van der Waals surface area contributed by atoms with Crippen LogP contribution in [0.2, 0.25) is 0 Å². The first kappa shape index (κ1) is 11.9. The summed E-state index contributed by atoms with van der Waals surface area (Å²) in [4.78, 5) is 13.2. The molecule has 0 aromatic rings. The molecular weight excluding hydrogens is 198 g/mol. The Kier molecular flexibility index (Phi) is 4.26. The molecule has 0 aliphatic carbocycles. The van der Waals surface area contributed by atoms with Gasteiger partial charge >= 0.3 is 0 Å². The maximum absolute atomic E-state index is 11.1.